The number of benzene rings is 2. The van der Waals surface area contributed by atoms with E-state index in [1.165, 1.54) is 12.1 Å². The minimum absolute atomic E-state index is 0.167. The fourth-order valence-electron chi connectivity index (χ4n) is 3.71. The van der Waals surface area contributed by atoms with Crippen LogP contribution in [0.2, 0.25) is 0 Å². The molecule has 26 heavy (non-hydrogen) atoms. The van der Waals surface area contributed by atoms with Gasteiger partial charge >= 0.3 is 0 Å². The van der Waals surface area contributed by atoms with Crippen LogP contribution in [-0.4, -0.2) is 41.6 Å². The number of amides is 1. The molecule has 0 aliphatic carbocycles. The zero-order valence-electron chi connectivity index (χ0n) is 14.9. The van der Waals surface area contributed by atoms with Gasteiger partial charge in [-0.2, -0.15) is 0 Å². The molecule has 0 radical (unpaired) electrons. The van der Waals surface area contributed by atoms with E-state index in [1.807, 2.05) is 24.1 Å². The summed E-state index contributed by atoms with van der Waals surface area (Å²) in [5.74, 6) is -0.0576. The van der Waals surface area contributed by atoms with E-state index in [4.69, 9.17) is 0 Å². The van der Waals surface area contributed by atoms with Gasteiger partial charge in [-0.1, -0.05) is 18.2 Å². The molecule has 1 aliphatic rings. The molecule has 1 aromatic heterocycles. The fourth-order valence-corrected chi connectivity index (χ4v) is 3.71. The lowest BCUT2D eigenvalue weighted by molar-refractivity contribution is -0.130. The van der Waals surface area contributed by atoms with E-state index < -0.39 is 0 Å². The number of fused-ring (bicyclic) bond motifs is 1. The highest BCUT2D eigenvalue weighted by molar-refractivity contribution is 5.89. The Labute approximate surface area is 152 Å². The molecule has 1 fully saturated rings. The van der Waals surface area contributed by atoms with Crippen LogP contribution >= 0.6 is 0 Å². The van der Waals surface area contributed by atoms with Crippen LogP contribution in [0.4, 0.5) is 10.1 Å². The maximum absolute atomic E-state index is 13.1. The number of para-hydroxylation sites is 1. The van der Waals surface area contributed by atoms with Gasteiger partial charge in [0.2, 0.25) is 5.91 Å². The number of halogens is 1. The number of aromatic nitrogens is 1. The molecule has 5 heteroatoms. The van der Waals surface area contributed by atoms with Crippen molar-refractivity contribution in [2.45, 2.75) is 6.42 Å². The second-order valence-corrected chi connectivity index (χ2v) is 6.80. The lowest BCUT2D eigenvalue weighted by Crippen LogP contribution is -2.49. The molecule has 1 saturated heterocycles. The summed E-state index contributed by atoms with van der Waals surface area (Å²) in [4.78, 5) is 16.9. The van der Waals surface area contributed by atoms with Crippen molar-refractivity contribution in [2.75, 3.05) is 31.1 Å². The molecule has 2 aromatic carbocycles. The summed E-state index contributed by atoms with van der Waals surface area (Å²) in [6, 6.07) is 14.7. The fraction of sp³-hybridized carbons (Fsp3) is 0.286. The lowest BCUT2D eigenvalue weighted by Gasteiger charge is -2.36. The zero-order valence-corrected chi connectivity index (χ0v) is 14.9. The van der Waals surface area contributed by atoms with Gasteiger partial charge in [0.25, 0.3) is 0 Å². The van der Waals surface area contributed by atoms with Crippen LogP contribution in [0.25, 0.3) is 10.9 Å². The Kier molecular flexibility index (Phi) is 4.37. The summed E-state index contributed by atoms with van der Waals surface area (Å²) in [6.45, 7) is 2.93. The van der Waals surface area contributed by atoms with Crippen molar-refractivity contribution in [3.05, 3.63) is 66.1 Å². The number of rotatable bonds is 3. The quantitative estimate of drug-likeness (QED) is 0.725. The number of nitrogens with zero attached hydrogens (tertiary/aromatic N) is 3. The monoisotopic (exact) mass is 351 g/mol. The summed E-state index contributed by atoms with van der Waals surface area (Å²) in [6.07, 6.45) is 2.48. The standard InChI is InChI=1S/C21H22FN3O/c1-23-15-16(19-4-2-3-5-20(19)23)14-21(26)25-12-10-24(11-13-25)18-8-6-17(22)7-9-18/h2-9,15H,10-14H2,1H3. The van der Waals surface area contributed by atoms with Crippen molar-refractivity contribution in [1.82, 2.24) is 9.47 Å². The predicted octanol–water partition coefficient (Wildman–Crippen LogP) is 3.21. The molecule has 2 heterocycles. The number of hydrogen-bond donors (Lipinski definition) is 0. The Hall–Kier alpha value is -2.82. The molecule has 134 valence electrons. The minimum atomic E-state index is -0.224. The van der Waals surface area contributed by atoms with Gasteiger partial charge in [0.05, 0.1) is 6.42 Å². The summed E-state index contributed by atoms with van der Waals surface area (Å²) in [5, 5.41) is 1.15. The topological polar surface area (TPSA) is 28.5 Å². The Morgan fingerprint density at radius 3 is 2.42 bits per heavy atom. The number of carbonyl (C=O) groups is 1. The van der Waals surface area contributed by atoms with E-state index >= 15 is 0 Å². The van der Waals surface area contributed by atoms with E-state index in [0.717, 1.165) is 35.2 Å². The number of anilines is 1. The molecule has 0 unspecified atom stereocenters. The average molecular weight is 351 g/mol. The van der Waals surface area contributed by atoms with Gasteiger partial charge in [0, 0.05) is 56.0 Å². The van der Waals surface area contributed by atoms with Gasteiger partial charge < -0.3 is 14.4 Å². The first-order valence-electron chi connectivity index (χ1n) is 8.93. The lowest BCUT2D eigenvalue weighted by atomic mass is 10.1. The van der Waals surface area contributed by atoms with Gasteiger partial charge in [0.1, 0.15) is 5.82 Å². The van der Waals surface area contributed by atoms with Gasteiger partial charge in [-0.05, 0) is 35.9 Å². The minimum Gasteiger partial charge on any atom is -0.368 e. The highest BCUT2D eigenvalue weighted by atomic mass is 19.1. The molecular formula is C21H22FN3O. The van der Waals surface area contributed by atoms with Crippen LogP contribution in [-0.2, 0) is 18.3 Å². The van der Waals surface area contributed by atoms with Crippen molar-refractivity contribution in [3.63, 3.8) is 0 Å². The molecule has 0 atom stereocenters. The maximum atomic E-state index is 13.1. The van der Waals surface area contributed by atoms with Gasteiger partial charge in [-0.15, -0.1) is 0 Å². The SMILES string of the molecule is Cn1cc(CC(=O)N2CCN(c3ccc(F)cc3)CC2)c2ccccc21. The third-order valence-corrected chi connectivity index (χ3v) is 5.15. The van der Waals surface area contributed by atoms with Crippen LogP contribution in [0, 0.1) is 5.82 Å². The molecule has 0 spiro atoms. The van der Waals surface area contributed by atoms with E-state index in [9.17, 15) is 9.18 Å². The average Bonchev–Trinajstić information content (AvgIpc) is 2.98. The summed E-state index contributed by atoms with van der Waals surface area (Å²) >= 11 is 0. The maximum Gasteiger partial charge on any atom is 0.227 e. The van der Waals surface area contributed by atoms with Crippen LogP contribution in [0.15, 0.2) is 54.7 Å². The Balaban J connectivity index is 1.41. The summed E-state index contributed by atoms with van der Waals surface area (Å²) in [5.41, 5.74) is 3.23. The largest absolute Gasteiger partial charge is 0.368 e. The first kappa shape index (κ1) is 16.6. The molecule has 1 aliphatic heterocycles. The zero-order chi connectivity index (χ0) is 18.1. The second-order valence-electron chi connectivity index (χ2n) is 6.80. The Bertz CT molecular complexity index is 924. The van der Waals surface area contributed by atoms with E-state index in [0.29, 0.717) is 19.5 Å². The number of carbonyl (C=O) groups excluding carboxylic acids is 1. The smallest absolute Gasteiger partial charge is 0.227 e. The van der Waals surface area contributed by atoms with Gasteiger partial charge in [-0.25, -0.2) is 4.39 Å². The molecule has 0 N–H and O–H groups in total. The van der Waals surface area contributed by atoms with E-state index in [2.05, 4.69) is 27.8 Å². The molecule has 4 nitrogen and oxygen atoms in total. The summed E-state index contributed by atoms with van der Waals surface area (Å²) < 4.78 is 15.1. The van der Waals surface area contributed by atoms with Gasteiger partial charge in [0.15, 0.2) is 0 Å². The molecule has 1 amide bonds. The molecular weight excluding hydrogens is 329 g/mol. The van der Waals surface area contributed by atoms with Crippen LogP contribution in [0.1, 0.15) is 5.56 Å². The van der Waals surface area contributed by atoms with Crippen molar-refractivity contribution in [3.8, 4) is 0 Å². The Morgan fingerprint density at radius 1 is 1.00 bits per heavy atom. The van der Waals surface area contributed by atoms with Crippen molar-refractivity contribution in [1.29, 1.82) is 0 Å². The first-order chi connectivity index (χ1) is 12.6. The van der Waals surface area contributed by atoms with Crippen LogP contribution in [0.5, 0.6) is 0 Å². The molecule has 0 saturated carbocycles. The van der Waals surface area contributed by atoms with Crippen molar-refractivity contribution < 1.29 is 9.18 Å². The first-order valence-corrected chi connectivity index (χ1v) is 8.93. The molecule has 4 rings (SSSR count). The van der Waals surface area contributed by atoms with Crippen molar-refractivity contribution >= 4 is 22.5 Å². The predicted molar refractivity (Wildman–Crippen MR) is 102 cm³/mol. The number of piperazine rings is 1. The van der Waals surface area contributed by atoms with Gasteiger partial charge in [-0.3, -0.25) is 4.79 Å². The molecule has 3 aromatic rings. The van der Waals surface area contributed by atoms with Crippen LogP contribution < -0.4 is 4.90 Å². The van der Waals surface area contributed by atoms with E-state index in [1.54, 1.807) is 12.1 Å². The molecule has 0 bridgehead atoms. The third kappa shape index (κ3) is 3.17. The highest BCUT2D eigenvalue weighted by Gasteiger charge is 2.22. The summed E-state index contributed by atoms with van der Waals surface area (Å²) in [7, 11) is 2.01. The Morgan fingerprint density at radius 2 is 1.69 bits per heavy atom. The highest BCUT2D eigenvalue weighted by Crippen LogP contribution is 2.22. The van der Waals surface area contributed by atoms with Crippen molar-refractivity contribution in [2.24, 2.45) is 7.05 Å². The van der Waals surface area contributed by atoms with Crippen LogP contribution in [0.3, 0.4) is 0 Å². The third-order valence-electron chi connectivity index (χ3n) is 5.15. The number of aryl methyl sites for hydroxylation is 1. The number of hydrogen-bond acceptors (Lipinski definition) is 2. The second kappa shape index (κ2) is 6.83. The van der Waals surface area contributed by atoms with E-state index in [-0.39, 0.29) is 11.7 Å². The normalized spacial score (nSPS) is 14.8.